The van der Waals surface area contributed by atoms with Crippen molar-refractivity contribution in [2.45, 2.75) is 20.0 Å². The molecule has 3 rings (SSSR count). The van der Waals surface area contributed by atoms with Gasteiger partial charge in [-0.3, -0.25) is 9.59 Å². The summed E-state index contributed by atoms with van der Waals surface area (Å²) in [5, 5.41) is 5.85. The molecule has 2 amide bonds. The topological polar surface area (TPSA) is 80.3 Å². The minimum absolute atomic E-state index is 0.0373. The van der Waals surface area contributed by atoms with Crippen molar-refractivity contribution < 1.29 is 23.1 Å². The molecule has 2 N–H and O–H groups in total. The Hall–Kier alpha value is -3.07. The number of fused-ring (bicyclic) bond motifs is 1. The molecule has 0 bridgehead atoms. The van der Waals surface area contributed by atoms with Gasteiger partial charge in [0.1, 0.15) is 5.75 Å². The number of nitrogens with zero attached hydrogens (tertiary/aromatic N) is 1. The number of ether oxygens (including phenoxy) is 1. The van der Waals surface area contributed by atoms with Crippen LogP contribution >= 0.6 is 11.3 Å². The van der Waals surface area contributed by atoms with E-state index in [9.17, 15) is 18.4 Å². The maximum absolute atomic E-state index is 12.2. The van der Waals surface area contributed by atoms with Crippen molar-refractivity contribution in [3.8, 4) is 5.75 Å². The van der Waals surface area contributed by atoms with E-state index in [1.807, 2.05) is 0 Å². The third-order valence-corrected chi connectivity index (χ3v) is 4.40. The van der Waals surface area contributed by atoms with Crippen LogP contribution in [0.4, 0.5) is 19.6 Å². The molecule has 0 aliphatic rings. The van der Waals surface area contributed by atoms with E-state index in [0.29, 0.717) is 21.9 Å². The maximum Gasteiger partial charge on any atom is 0.387 e. The molecular formula is C18H15F2N3O3S. The van der Waals surface area contributed by atoms with Gasteiger partial charge in [-0.05, 0) is 35.9 Å². The predicted molar refractivity (Wildman–Crippen MR) is 99.3 cm³/mol. The van der Waals surface area contributed by atoms with Gasteiger partial charge in [0.15, 0.2) is 5.13 Å². The Morgan fingerprint density at radius 3 is 2.56 bits per heavy atom. The first-order valence-electron chi connectivity index (χ1n) is 7.91. The first-order valence-corrected chi connectivity index (χ1v) is 8.72. The largest absolute Gasteiger partial charge is 0.435 e. The van der Waals surface area contributed by atoms with Gasteiger partial charge in [0.05, 0.1) is 16.6 Å². The average Bonchev–Trinajstić information content (AvgIpc) is 2.97. The van der Waals surface area contributed by atoms with Gasteiger partial charge in [0.2, 0.25) is 11.8 Å². The summed E-state index contributed by atoms with van der Waals surface area (Å²) < 4.78 is 29.4. The molecule has 27 heavy (non-hydrogen) atoms. The van der Waals surface area contributed by atoms with E-state index in [4.69, 9.17) is 0 Å². The Kier molecular flexibility index (Phi) is 5.60. The quantitative estimate of drug-likeness (QED) is 0.665. The van der Waals surface area contributed by atoms with Gasteiger partial charge >= 0.3 is 6.61 Å². The molecule has 6 nitrogen and oxygen atoms in total. The van der Waals surface area contributed by atoms with Crippen LogP contribution in [-0.4, -0.2) is 23.4 Å². The number of carbonyl (C=O) groups excluding carboxylic acids is 2. The molecule has 0 spiro atoms. The Balaban J connectivity index is 1.64. The third kappa shape index (κ3) is 5.20. The fourth-order valence-electron chi connectivity index (χ4n) is 2.40. The molecule has 0 saturated carbocycles. The summed E-state index contributed by atoms with van der Waals surface area (Å²) >= 11 is 1.29. The molecule has 0 aliphatic carbocycles. The summed E-state index contributed by atoms with van der Waals surface area (Å²) in [7, 11) is 0. The van der Waals surface area contributed by atoms with E-state index in [-0.39, 0.29) is 24.0 Å². The number of alkyl halides is 2. The van der Waals surface area contributed by atoms with Crippen molar-refractivity contribution in [3.05, 3.63) is 48.0 Å². The average molecular weight is 391 g/mol. The van der Waals surface area contributed by atoms with Gasteiger partial charge in [0, 0.05) is 12.6 Å². The number of rotatable bonds is 6. The van der Waals surface area contributed by atoms with Crippen LogP contribution in [0, 0.1) is 0 Å². The number of thiazole rings is 1. The Morgan fingerprint density at radius 2 is 1.89 bits per heavy atom. The van der Waals surface area contributed by atoms with Crippen LogP contribution < -0.4 is 15.4 Å². The molecule has 0 fully saturated rings. The summed E-state index contributed by atoms with van der Waals surface area (Å²) in [6.07, 6.45) is 0.0715. The van der Waals surface area contributed by atoms with Crippen molar-refractivity contribution in [2.24, 2.45) is 0 Å². The van der Waals surface area contributed by atoms with Crippen LogP contribution in [0.15, 0.2) is 42.5 Å². The van der Waals surface area contributed by atoms with Gasteiger partial charge in [-0.15, -0.1) is 0 Å². The fourth-order valence-corrected chi connectivity index (χ4v) is 3.32. The number of hydrogen-bond acceptors (Lipinski definition) is 5. The Morgan fingerprint density at radius 1 is 1.15 bits per heavy atom. The number of nitrogens with one attached hydrogen (secondary N) is 2. The van der Waals surface area contributed by atoms with Crippen molar-refractivity contribution in [3.63, 3.8) is 0 Å². The van der Waals surface area contributed by atoms with Gasteiger partial charge in [-0.1, -0.05) is 23.5 Å². The first kappa shape index (κ1) is 18.7. The second kappa shape index (κ2) is 8.09. The van der Waals surface area contributed by atoms with Crippen LogP contribution in [-0.2, 0) is 16.0 Å². The van der Waals surface area contributed by atoms with Crippen molar-refractivity contribution in [2.75, 3.05) is 10.6 Å². The highest BCUT2D eigenvalue weighted by Crippen LogP contribution is 2.28. The monoisotopic (exact) mass is 391 g/mol. The summed E-state index contributed by atoms with van der Waals surface area (Å²) in [5.74, 6) is -0.411. The molecule has 1 heterocycles. The number of halogens is 2. The molecule has 0 aliphatic heterocycles. The number of anilines is 2. The van der Waals surface area contributed by atoms with Crippen LogP contribution in [0.3, 0.4) is 0 Å². The van der Waals surface area contributed by atoms with Gasteiger partial charge in [0.25, 0.3) is 0 Å². The second-order valence-electron chi connectivity index (χ2n) is 5.63. The Bertz CT molecular complexity index is 974. The summed E-state index contributed by atoms with van der Waals surface area (Å²) in [4.78, 5) is 27.6. The molecule has 3 aromatic rings. The Labute approximate surface area is 157 Å². The van der Waals surface area contributed by atoms with E-state index in [2.05, 4.69) is 20.4 Å². The number of carbonyl (C=O) groups is 2. The third-order valence-electron chi connectivity index (χ3n) is 3.47. The predicted octanol–water partition coefficient (Wildman–Crippen LogP) is 4.04. The number of amides is 2. The normalized spacial score (nSPS) is 10.8. The summed E-state index contributed by atoms with van der Waals surface area (Å²) in [6.45, 7) is -1.46. The lowest BCUT2D eigenvalue weighted by molar-refractivity contribution is -0.116. The van der Waals surface area contributed by atoms with Crippen LogP contribution in [0.2, 0.25) is 0 Å². The minimum Gasteiger partial charge on any atom is -0.435 e. The number of hydrogen-bond donors (Lipinski definition) is 2. The first-order chi connectivity index (χ1) is 12.9. The standard InChI is InChI=1S/C18H15F2N3O3S/c1-10(24)21-12-4-7-14-15(9-12)27-18(22-14)23-16(25)8-11-2-5-13(6-3-11)26-17(19)20/h2-7,9,17H,8H2,1H3,(H,21,24)(H,22,23,25). The molecule has 1 aromatic heterocycles. The summed E-state index contributed by atoms with van der Waals surface area (Å²) in [6, 6.07) is 11.1. The smallest absolute Gasteiger partial charge is 0.387 e. The van der Waals surface area contributed by atoms with E-state index in [1.54, 1.807) is 30.3 Å². The fraction of sp³-hybridized carbons (Fsp3) is 0.167. The zero-order valence-corrected chi connectivity index (χ0v) is 15.0. The molecule has 0 unspecified atom stereocenters. The molecule has 140 valence electrons. The maximum atomic E-state index is 12.2. The molecule has 9 heteroatoms. The van der Waals surface area contributed by atoms with Gasteiger partial charge in [-0.25, -0.2) is 4.98 Å². The lowest BCUT2D eigenvalue weighted by atomic mass is 10.1. The second-order valence-corrected chi connectivity index (χ2v) is 6.66. The SMILES string of the molecule is CC(=O)Nc1ccc2nc(NC(=O)Cc3ccc(OC(F)F)cc3)sc2c1. The molecule has 0 radical (unpaired) electrons. The molecule has 2 aromatic carbocycles. The van der Waals surface area contributed by atoms with Crippen molar-refractivity contribution in [1.82, 2.24) is 4.98 Å². The van der Waals surface area contributed by atoms with E-state index in [1.165, 1.54) is 30.4 Å². The van der Waals surface area contributed by atoms with Crippen LogP contribution in [0.25, 0.3) is 10.2 Å². The zero-order chi connectivity index (χ0) is 19.4. The molecule has 0 saturated heterocycles. The minimum atomic E-state index is -2.88. The zero-order valence-electron chi connectivity index (χ0n) is 14.2. The van der Waals surface area contributed by atoms with Crippen molar-refractivity contribution in [1.29, 1.82) is 0 Å². The van der Waals surface area contributed by atoms with Gasteiger partial charge < -0.3 is 15.4 Å². The highest BCUT2D eigenvalue weighted by Gasteiger charge is 2.10. The van der Waals surface area contributed by atoms with Gasteiger partial charge in [-0.2, -0.15) is 8.78 Å². The number of aromatic nitrogens is 1. The number of benzene rings is 2. The highest BCUT2D eigenvalue weighted by atomic mass is 32.1. The molecular weight excluding hydrogens is 376 g/mol. The summed E-state index contributed by atoms with van der Waals surface area (Å²) in [5.41, 5.74) is 2.02. The van der Waals surface area contributed by atoms with Crippen LogP contribution in [0.1, 0.15) is 12.5 Å². The molecule has 0 atom stereocenters. The lowest BCUT2D eigenvalue weighted by Crippen LogP contribution is -2.14. The van der Waals surface area contributed by atoms with E-state index >= 15 is 0 Å². The van der Waals surface area contributed by atoms with E-state index < -0.39 is 6.61 Å². The highest BCUT2D eigenvalue weighted by molar-refractivity contribution is 7.22. The van der Waals surface area contributed by atoms with Crippen molar-refractivity contribution >= 4 is 44.2 Å². The van der Waals surface area contributed by atoms with E-state index in [0.717, 1.165) is 4.70 Å². The van der Waals surface area contributed by atoms with Crippen LogP contribution in [0.5, 0.6) is 5.75 Å². The lowest BCUT2D eigenvalue weighted by Gasteiger charge is -2.05.